The smallest absolute Gasteiger partial charge is 0.411 e. The van der Waals surface area contributed by atoms with E-state index in [9.17, 15) is 9.90 Å². The summed E-state index contributed by atoms with van der Waals surface area (Å²) in [6.45, 7) is 4.75. The van der Waals surface area contributed by atoms with Gasteiger partial charge in [-0.2, -0.15) is 0 Å². The number of likely N-dealkylation sites (tertiary alicyclic amines) is 1. The van der Waals surface area contributed by atoms with Crippen LogP contribution in [0.25, 0.3) is 11.1 Å². The summed E-state index contributed by atoms with van der Waals surface area (Å²) < 4.78 is 5.77. The van der Waals surface area contributed by atoms with Crippen molar-refractivity contribution in [2.45, 2.75) is 70.4 Å². The van der Waals surface area contributed by atoms with Gasteiger partial charge in [-0.25, -0.2) is 4.79 Å². The lowest BCUT2D eigenvalue weighted by Gasteiger charge is -2.31. The van der Waals surface area contributed by atoms with E-state index in [-0.39, 0.29) is 17.9 Å². The Bertz CT molecular complexity index is 1200. The molecule has 0 aromatic heterocycles. The highest BCUT2D eigenvalue weighted by Crippen LogP contribution is 2.28. The fraction of sp³-hybridized carbons (Fsp3) is 0.441. The first-order valence-electron chi connectivity index (χ1n) is 15.1. The van der Waals surface area contributed by atoms with Crippen molar-refractivity contribution in [3.8, 4) is 16.9 Å². The van der Waals surface area contributed by atoms with Crippen LogP contribution in [0.2, 0.25) is 5.02 Å². The maximum atomic E-state index is 12.6. The van der Waals surface area contributed by atoms with Gasteiger partial charge < -0.3 is 20.1 Å². The first-order chi connectivity index (χ1) is 20.1. The van der Waals surface area contributed by atoms with Crippen molar-refractivity contribution in [1.82, 2.24) is 10.2 Å². The predicted octanol–water partition coefficient (Wildman–Crippen LogP) is 8.25. The van der Waals surface area contributed by atoms with Gasteiger partial charge in [0, 0.05) is 25.2 Å². The van der Waals surface area contributed by atoms with Crippen molar-refractivity contribution in [2.24, 2.45) is 0 Å². The number of para-hydroxylation sites is 1. The molecule has 0 radical (unpaired) electrons. The SMILES string of the molecule is O=C(Nc1ccccc1-c1ccccc1)OC1CCN(CCCCCCCCCNCc2cccc(O)c2Cl)CC1. The summed E-state index contributed by atoms with van der Waals surface area (Å²) in [5.74, 6) is 0.144. The minimum absolute atomic E-state index is 0.0264. The number of amides is 1. The Morgan fingerprint density at radius 1 is 0.854 bits per heavy atom. The van der Waals surface area contributed by atoms with E-state index in [1.54, 1.807) is 6.07 Å². The number of phenolic OH excluding ortho intramolecular Hbond substituents is 1. The topological polar surface area (TPSA) is 73.8 Å². The number of carbonyl (C=O) groups is 1. The Balaban J connectivity index is 1.00. The van der Waals surface area contributed by atoms with Crippen molar-refractivity contribution < 1.29 is 14.6 Å². The number of hydrogen-bond donors (Lipinski definition) is 3. The molecule has 220 valence electrons. The van der Waals surface area contributed by atoms with Crippen LogP contribution in [0, 0.1) is 0 Å². The van der Waals surface area contributed by atoms with Crippen LogP contribution in [-0.4, -0.2) is 48.4 Å². The van der Waals surface area contributed by atoms with Gasteiger partial charge in [-0.3, -0.25) is 5.32 Å². The Kier molecular flexibility index (Phi) is 12.8. The van der Waals surface area contributed by atoms with Gasteiger partial charge in [0.15, 0.2) is 0 Å². The van der Waals surface area contributed by atoms with Gasteiger partial charge >= 0.3 is 6.09 Å². The molecule has 0 atom stereocenters. The number of nitrogens with zero attached hydrogens (tertiary/aromatic N) is 1. The summed E-state index contributed by atoms with van der Waals surface area (Å²) >= 11 is 6.12. The summed E-state index contributed by atoms with van der Waals surface area (Å²) in [6, 6.07) is 23.3. The molecule has 6 nitrogen and oxygen atoms in total. The van der Waals surface area contributed by atoms with Crippen LogP contribution in [0.5, 0.6) is 5.75 Å². The van der Waals surface area contributed by atoms with Crippen LogP contribution < -0.4 is 10.6 Å². The number of benzene rings is 3. The van der Waals surface area contributed by atoms with E-state index >= 15 is 0 Å². The van der Waals surface area contributed by atoms with Crippen LogP contribution in [0.4, 0.5) is 10.5 Å². The van der Waals surface area contributed by atoms with E-state index in [1.165, 1.54) is 38.5 Å². The molecule has 0 spiro atoms. The lowest BCUT2D eigenvalue weighted by Crippen LogP contribution is -2.38. The summed E-state index contributed by atoms with van der Waals surface area (Å²) in [6.07, 6.45) is 10.1. The zero-order chi connectivity index (χ0) is 28.7. The first-order valence-corrected chi connectivity index (χ1v) is 15.5. The molecular formula is C34H44ClN3O3. The molecule has 7 heteroatoms. The zero-order valence-corrected chi connectivity index (χ0v) is 24.7. The monoisotopic (exact) mass is 577 g/mol. The van der Waals surface area contributed by atoms with Crippen LogP contribution in [0.3, 0.4) is 0 Å². The van der Waals surface area contributed by atoms with Gasteiger partial charge in [-0.05, 0) is 62.0 Å². The number of anilines is 1. The number of phenols is 1. The average Bonchev–Trinajstić information content (AvgIpc) is 2.99. The Morgan fingerprint density at radius 3 is 2.32 bits per heavy atom. The van der Waals surface area contributed by atoms with E-state index < -0.39 is 0 Å². The number of rotatable bonds is 15. The molecule has 1 amide bonds. The minimum atomic E-state index is -0.372. The molecule has 0 bridgehead atoms. The van der Waals surface area contributed by atoms with Gasteiger partial charge in [0.2, 0.25) is 0 Å². The van der Waals surface area contributed by atoms with E-state index in [0.29, 0.717) is 11.6 Å². The fourth-order valence-electron chi connectivity index (χ4n) is 5.40. The highest BCUT2D eigenvalue weighted by atomic mass is 35.5. The first kappa shape index (κ1) is 30.9. The summed E-state index contributed by atoms with van der Waals surface area (Å²) in [5.41, 5.74) is 3.77. The van der Waals surface area contributed by atoms with Crippen LogP contribution >= 0.6 is 11.6 Å². The van der Waals surface area contributed by atoms with E-state index in [4.69, 9.17) is 16.3 Å². The number of carbonyl (C=O) groups excluding carboxylic acids is 1. The third kappa shape index (κ3) is 10.4. The van der Waals surface area contributed by atoms with Crippen molar-refractivity contribution in [2.75, 3.05) is 31.5 Å². The number of piperidine rings is 1. The van der Waals surface area contributed by atoms with E-state index in [1.807, 2.05) is 66.7 Å². The number of aromatic hydroxyl groups is 1. The number of halogens is 1. The third-order valence-corrected chi connectivity index (χ3v) is 8.19. The average molecular weight is 578 g/mol. The Morgan fingerprint density at radius 2 is 1.54 bits per heavy atom. The second kappa shape index (κ2) is 17.0. The maximum absolute atomic E-state index is 12.6. The highest BCUT2D eigenvalue weighted by Gasteiger charge is 2.22. The van der Waals surface area contributed by atoms with Gasteiger partial charge in [0.25, 0.3) is 0 Å². The second-order valence-electron chi connectivity index (χ2n) is 10.9. The molecule has 4 rings (SSSR count). The van der Waals surface area contributed by atoms with Crippen molar-refractivity contribution in [3.63, 3.8) is 0 Å². The Labute approximate surface area is 250 Å². The van der Waals surface area contributed by atoms with Gasteiger partial charge in [-0.1, -0.05) is 104 Å². The highest BCUT2D eigenvalue weighted by molar-refractivity contribution is 6.32. The molecule has 0 unspecified atom stereocenters. The molecular weight excluding hydrogens is 534 g/mol. The summed E-state index contributed by atoms with van der Waals surface area (Å²) in [7, 11) is 0. The normalized spacial score (nSPS) is 14.2. The summed E-state index contributed by atoms with van der Waals surface area (Å²) in [4.78, 5) is 15.1. The molecule has 0 saturated carbocycles. The lowest BCUT2D eigenvalue weighted by atomic mass is 10.0. The largest absolute Gasteiger partial charge is 0.506 e. The molecule has 1 fully saturated rings. The quantitative estimate of drug-likeness (QED) is 0.159. The number of nitrogens with one attached hydrogen (secondary N) is 2. The molecule has 1 heterocycles. The third-order valence-electron chi connectivity index (χ3n) is 7.76. The number of unbranched alkanes of at least 4 members (excludes halogenated alkanes) is 6. The maximum Gasteiger partial charge on any atom is 0.411 e. The minimum Gasteiger partial charge on any atom is -0.506 e. The molecule has 1 aliphatic heterocycles. The molecule has 41 heavy (non-hydrogen) atoms. The van der Waals surface area contributed by atoms with Gasteiger partial charge in [-0.15, -0.1) is 0 Å². The van der Waals surface area contributed by atoms with Crippen molar-refractivity contribution >= 4 is 23.4 Å². The standard InChI is InChI=1S/C34H44ClN3O3/c35-33-28(16-13-19-32(33)39)26-36-22-11-4-2-1-3-5-12-23-38-24-20-29(21-25-38)41-34(40)37-31-18-10-9-17-30(31)27-14-7-6-8-15-27/h6-10,13-19,29,36,39H,1-5,11-12,20-26H2,(H,37,40). The van der Waals surface area contributed by atoms with Crippen molar-refractivity contribution in [1.29, 1.82) is 0 Å². The van der Waals surface area contributed by atoms with Crippen LogP contribution in [0.1, 0.15) is 63.4 Å². The van der Waals surface area contributed by atoms with Gasteiger partial charge in [0.05, 0.1) is 10.7 Å². The second-order valence-corrected chi connectivity index (χ2v) is 11.3. The van der Waals surface area contributed by atoms with Crippen LogP contribution in [0.15, 0.2) is 72.8 Å². The van der Waals surface area contributed by atoms with E-state index in [0.717, 1.165) is 67.8 Å². The number of hydrogen-bond acceptors (Lipinski definition) is 5. The number of ether oxygens (including phenoxy) is 1. The molecule has 3 aromatic carbocycles. The molecule has 1 saturated heterocycles. The molecule has 3 N–H and O–H groups in total. The Hall–Kier alpha value is -3.06. The lowest BCUT2D eigenvalue weighted by molar-refractivity contribution is 0.0585. The van der Waals surface area contributed by atoms with Crippen LogP contribution in [-0.2, 0) is 11.3 Å². The fourth-order valence-corrected chi connectivity index (χ4v) is 5.59. The molecule has 3 aromatic rings. The van der Waals surface area contributed by atoms with Gasteiger partial charge in [0.1, 0.15) is 11.9 Å². The zero-order valence-electron chi connectivity index (χ0n) is 24.0. The molecule has 0 aliphatic carbocycles. The van der Waals surface area contributed by atoms with E-state index in [2.05, 4.69) is 15.5 Å². The molecule has 1 aliphatic rings. The summed E-state index contributed by atoms with van der Waals surface area (Å²) in [5, 5.41) is 16.5. The van der Waals surface area contributed by atoms with Crippen molar-refractivity contribution in [3.05, 3.63) is 83.4 Å². The predicted molar refractivity (Wildman–Crippen MR) is 169 cm³/mol.